The van der Waals surface area contributed by atoms with Crippen molar-refractivity contribution in [2.75, 3.05) is 6.54 Å². The molecule has 1 aromatic rings. The van der Waals surface area contributed by atoms with E-state index in [2.05, 4.69) is 10.3 Å². The molecular weight excluding hydrogens is 188 g/mol. The second kappa shape index (κ2) is 4.94. The number of carboxylic acid groups (broad SMARTS) is 1. The van der Waals surface area contributed by atoms with Crippen molar-refractivity contribution in [2.45, 2.75) is 19.4 Å². The molecule has 0 amide bonds. The van der Waals surface area contributed by atoms with E-state index in [0.29, 0.717) is 6.54 Å². The molecule has 0 aliphatic heterocycles. The molecule has 0 fully saturated rings. The average Bonchev–Trinajstić information content (AvgIpc) is 2.56. The monoisotopic (exact) mass is 200 g/mol. The predicted octanol–water partition coefficient (Wildman–Crippen LogP) is 0.748. The van der Waals surface area contributed by atoms with Crippen LogP contribution in [0.15, 0.2) is 11.6 Å². The summed E-state index contributed by atoms with van der Waals surface area (Å²) in [6.45, 7) is 2.28. The summed E-state index contributed by atoms with van der Waals surface area (Å²) in [6, 6.07) is -0.486. The molecule has 72 valence electrons. The second-order valence-electron chi connectivity index (χ2n) is 2.69. The van der Waals surface area contributed by atoms with Crippen LogP contribution < -0.4 is 5.32 Å². The van der Waals surface area contributed by atoms with Gasteiger partial charge in [0.2, 0.25) is 0 Å². The highest BCUT2D eigenvalue weighted by Crippen LogP contribution is 2.03. The Morgan fingerprint density at radius 3 is 3.15 bits per heavy atom. The third-order valence-electron chi connectivity index (χ3n) is 1.64. The lowest BCUT2D eigenvalue weighted by Crippen LogP contribution is -2.34. The molecule has 0 aromatic carbocycles. The lowest BCUT2D eigenvalue weighted by atomic mass is 10.3. The molecule has 0 spiro atoms. The maximum Gasteiger partial charge on any atom is 0.320 e. The van der Waals surface area contributed by atoms with Crippen molar-refractivity contribution in [2.24, 2.45) is 0 Å². The van der Waals surface area contributed by atoms with Crippen molar-refractivity contribution in [3.8, 4) is 0 Å². The lowest BCUT2D eigenvalue weighted by molar-refractivity contribution is -0.138. The van der Waals surface area contributed by atoms with E-state index in [9.17, 15) is 4.79 Å². The van der Waals surface area contributed by atoms with Gasteiger partial charge in [0.15, 0.2) is 0 Å². The van der Waals surface area contributed by atoms with Gasteiger partial charge in [0.25, 0.3) is 0 Å². The van der Waals surface area contributed by atoms with E-state index < -0.39 is 12.0 Å². The molecule has 1 unspecified atom stereocenters. The number of hydrogen-bond acceptors (Lipinski definition) is 4. The molecule has 2 N–H and O–H groups in total. The van der Waals surface area contributed by atoms with Gasteiger partial charge in [-0.1, -0.05) is 0 Å². The summed E-state index contributed by atoms with van der Waals surface area (Å²) in [5.41, 5.74) is 0. The summed E-state index contributed by atoms with van der Waals surface area (Å²) in [4.78, 5) is 14.5. The van der Waals surface area contributed by atoms with Crippen LogP contribution in [0.25, 0.3) is 0 Å². The molecule has 13 heavy (non-hydrogen) atoms. The predicted molar refractivity (Wildman–Crippen MR) is 50.9 cm³/mol. The summed E-state index contributed by atoms with van der Waals surface area (Å²) >= 11 is 1.58. The minimum atomic E-state index is -0.820. The summed E-state index contributed by atoms with van der Waals surface area (Å²) in [6.07, 6.45) is 2.54. The van der Waals surface area contributed by atoms with Gasteiger partial charge in [0.05, 0.1) is 5.01 Å². The topological polar surface area (TPSA) is 62.2 Å². The van der Waals surface area contributed by atoms with Crippen LogP contribution in [0, 0.1) is 0 Å². The number of thiazole rings is 1. The average molecular weight is 200 g/mol. The normalized spacial score (nSPS) is 12.7. The quantitative estimate of drug-likeness (QED) is 0.736. The molecule has 0 saturated carbocycles. The zero-order valence-corrected chi connectivity index (χ0v) is 8.17. The highest BCUT2D eigenvalue weighted by Gasteiger charge is 2.08. The SMILES string of the molecule is CC(NCCc1nccs1)C(=O)O. The Hall–Kier alpha value is -0.940. The van der Waals surface area contributed by atoms with Gasteiger partial charge in [-0.25, -0.2) is 4.98 Å². The summed E-state index contributed by atoms with van der Waals surface area (Å²) < 4.78 is 0. The second-order valence-corrected chi connectivity index (χ2v) is 3.67. The number of carbonyl (C=O) groups is 1. The molecule has 1 atom stereocenters. The van der Waals surface area contributed by atoms with Crippen molar-refractivity contribution in [1.82, 2.24) is 10.3 Å². The standard InChI is InChI=1S/C8H12N2O2S/c1-6(8(11)12)9-3-2-7-10-4-5-13-7/h4-6,9H,2-3H2,1H3,(H,11,12). The molecule has 0 aliphatic rings. The summed E-state index contributed by atoms with van der Waals surface area (Å²) in [5.74, 6) is -0.820. The minimum Gasteiger partial charge on any atom is -0.480 e. The van der Waals surface area contributed by atoms with Crippen molar-refractivity contribution < 1.29 is 9.90 Å². The first kappa shape index (κ1) is 10.1. The summed E-state index contributed by atoms with van der Waals surface area (Å²) in [5, 5.41) is 14.4. The van der Waals surface area contributed by atoms with E-state index in [-0.39, 0.29) is 0 Å². The first-order valence-corrected chi connectivity index (χ1v) is 4.92. The summed E-state index contributed by atoms with van der Waals surface area (Å²) in [7, 11) is 0. The van der Waals surface area contributed by atoms with Crippen LogP contribution >= 0.6 is 11.3 Å². The molecule has 1 aromatic heterocycles. The van der Waals surface area contributed by atoms with Gasteiger partial charge < -0.3 is 10.4 Å². The van der Waals surface area contributed by atoms with Crippen molar-refractivity contribution in [3.05, 3.63) is 16.6 Å². The van der Waals surface area contributed by atoms with Gasteiger partial charge in [-0.2, -0.15) is 0 Å². The maximum atomic E-state index is 10.4. The third-order valence-corrected chi connectivity index (χ3v) is 2.48. The van der Waals surface area contributed by atoms with E-state index >= 15 is 0 Å². The molecule has 0 aliphatic carbocycles. The fourth-order valence-electron chi connectivity index (χ4n) is 0.859. The Labute approximate surface area is 80.6 Å². The Morgan fingerprint density at radius 1 is 1.85 bits per heavy atom. The highest BCUT2D eigenvalue weighted by molar-refractivity contribution is 7.09. The van der Waals surface area contributed by atoms with Crippen molar-refractivity contribution in [1.29, 1.82) is 0 Å². The van der Waals surface area contributed by atoms with E-state index in [1.807, 2.05) is 5.38 Å². The van der Waals surface area contributed by atoms with E-state index in [1.165, 1.54) is 0 Å². The Bertz CT molecular complexity index is 261. The number of hydrogen-bond donors (Lipinski definition) is 2. The largest absolute Gasteiger partial charge is 0.480 e. The maximum absolute atomic E-state index is 10.4. The van der Waals surface area contributed by atoms with E-state index in [4.69, 9.17) is 5.11 Å². The first-order chi connectivity index (χ1) is 6.20. The van der Waals surface area contributed by atoms with Gasteiger partial charge in [-0.15, -0.1) is 11.3 Å². The Balaban J connectivity index is 2.18. The van der Waals surface area contributed by atoms with Crippen LogP contribution in [0.5, 0.6) is 0 Å². The fraction of sp³-hybridized carbons (Fsp3) is 0.500. The van der Waals surface area contributed by atoms with Gasteiger partial charge in [0.1, 0.15) is 6.04 Å². The van der Waals surface area contributed by atoms with Crippen LogP contribution in [-0.2, 0) is 11.2 Å². The van der Waals surface area contributed by atoms with Gasteiger partial charge >= 0.3 is 5.97 Å². The molecule has 0 bridgehead atoms. The van der Waals surface area contributed by atoms with Gasteiger partial charge in [0, 0.05) is 24.5 Å². The van der Waals surface area contributed by atoms with Gasteiger partial charge in [-0.05, 0) is 6.92 Å². The van der Waals surface area contributed by atoms with Crippen LogP contribution in [0.3, 0.4) is 0 Å². The van der Waals surface area contributed by atoms with Crippen LogP contribution in [0.1, 0.15) is 11.9 Å². The molecule has 1 heterocycles. The zero-order valence-electron chi connectivity index (χ0n) is 7.36. The number of carboxylic acids is 1. The molecule has 0 saturated heterocycles. The smallest absolute Gasteiger partial charge is 0.320 e. The number of rotatable bonds is 5. The van der Waals surface area contributed by atoms with Gasteiger partial charge in [-0.3, -0.25) is 4.79 Å². The van der Waals surface area contributed by atoms with Crippen LogP contribution in [0.2, 0.25) is 0 Å². The number of nitrogens with one attached hydrogen (secondary N) is 1. The van der Waals surface area contributed by atoms with Crippen LogP contribution in [-0.4, -0.2) is 28.6 Å². The highest BCUT2D eigenvalue weighted by atomic mass is 32.1. The Morgan fingerprint density at radius 2 is 2.62 bits per heavy atom. The van der Waals surface area contributed by atoms with E-state index in [0.717, 1.165) is 11.4 Å². The first-order valence-electron chi connectivity index (χ1n) is 4.04. The molecular formula is C8H12N2O2S. The molecule has 4 nitrogen and oxygen atoms in total. The third kappa shape index (κ3) is 3.52. The number of nitrogens with zero attached hydrogens (tertiary/aromatic N) is 1. The molecule has 1 rings (SSSR count). The fourth-order valence-corrected chi connectivity index (χ4v) is 1.48. The van der Waals surface area contributed by atoms with Crippen molar-refractivity contribution >= 4 is 17.3 Å². The Kier molecular flexibility index (Phi) is 3.85. The number of aliphatic carboxylic acids is 1. The lowest BCUT2D eigenvalue weighted by Gasteiger charge is -2.06. The van der Waals surface area contributed by atoms with Crippen LogP contribution in [0.4, 0.5) is 0 Å². The minimum absolute atomic E-state index is 0.486. The number of aromatic nitrogens is 1. The zero-order chi connectivity index (χ0) is 9.68. The molecule has 5 heteroatoms. The van der Waals surface area contributed by atoms with E-state index in [1.54, 1.807) is 24.5 Å². The van der Waals surface area contributed by atoms with Crippen molar-refractivity contribution in [3.63, 3.8) is 0 Å². The molecule has 0 radical (unpaired) electrons.